The van der Waals surface area contributed by atoms with Crippen LogP contribution in [0, 0.1) is 0 Å². The highest BCUT2D eigenvalue weighted by molar-refractivity contribution is 7.80. The largest absolute Gasteiger partial charge is 0.349 e. The summed E-state index contributed by atoms with van der Waals surface area (Å²) in [5.41, 5.74) is 0.838. The van der Waals surface area contributed by atoms with Gasteiger partial charge in [0.25, 0.3) is 0 Å². The third kappa shape index (κ3) is 6.29. The molecule has 112 valence electrons. The molecule has 0 aromatic heterocycles. The van der Waals surface area contributed by atoms with Gasteiger partial charge in [-0.3, -0.25) is 0 Å². The second-order valence-electron chi connectivity index (χ2n) is 4.78. The maximum atomic E-state index is 6.00. The smallest absolute Gasteiger partial charge is 0.173 e. The normalized spacial score (nSPS) is 10.4. The van der Waals surface area contributed by atoms with E-state index in [9.17, 15) is 0 Å². The number of nitrogens with one attached hydrogen (secondary N) is 1. The van der Waals surface area contributed by atoms with E-state index in [0.29, 0.717) is 10.0 Å². The first-order chi connectivity index (χ1) is 9.56. The van der Waals surface area contributed by atoms with E-state index in [-0.39, 0.29) is 0 Å². The molecule has 20 heavy (non-hydrogen) atoms. The fourth-order valence-electron chi connectivity index (χ4n) is 1.84. The van der Waals surface area contributed by atoms with Crippen molar-refractivity contribution in [2.45, 2.75) is 39.5 Å². The lowest BCUT2D eigenvalue weighted by atomic mass is 10.2. The van der Waals surface area contributed by atoms with Crippen LogP contribution < -0.4 is 5.32 Å². The van der Waals surface area contributed by atoms with Crippen molar-refractivity contribution in [2.75, 3.05) is 18.4 Å². The van der Waals surface area contributed by atoms with Gasteiger partial charge in [-0.15, -0.1) is 0 Å². The van der Waals surface area contributed by atoms with Crippen LogP contribution in [0.2, 0.25) is 10.0 Å². The van der Waals surface area contributed by atoms with Crippen LogP contribution in [0.25, 0.3) is 0 Å². The lowest BCUT2D eigenvalue weighted by Crippen LogP contribution is -2.36. The van der Waals surface area contributed by atoms with Gasteiger partial charge in [-0.2, -0.15) is 0 Å². The van der Waals surface area contributed by atoms with E-state index in [0.717, 1.165) is 49.6 Å². The standard InChI is InChI=1S/C15H22Cl2N2S/c1-3-5-7-19(8-6-4-2)15(20)18-14-10-12(16)9-13(17)11-14/h9-11H,3-8H2,1-2H3,(H,18,20). The Morgan fingerprint density at radius 3 is 2.00 bits per heavy atom. The number of hydrogen-bond donors (Lipinski definition) is 1. The zero-order chi connectivity index (χ0) is 15.0. The Hall–Kier alpha value is -0.510. The molecule has 0 radical (unpaired) electrons. The molecule has 2 nitrogen and oxygen atoms in total. The Morgan fingerprint density at radius 1 is 1.05 bits per heavy atom. The van der Waals surface area contributed by atoms with E-state index in [1.807, 2.05) is 12.1 Å². The monoisotopic (exact) mass is 332 g/mol. The second-order valence-corrected chi connectivity index (χ2v) is 6.04. The molecule has 0 saturated carbocycles. The number of nitrogens with zero attached hydrogens (tertiary/aromatic N) is 1. The summed E-state index contributed by atoms with van der Waals surface area (Å²) in [4.78, 5) is 2.22. The van der Waals surface area contributed by atoms with Gasteiger partial charge in [-0.1, -0.05) is 49.9 Å². The molecule has 0 fully saturated rings. The number of benzene rings is 1. The van der Waals surface area contributed by atoms with Crippen molar-refractivity contribution < 1.29 is 0 Å². The number of hydrogen-bond acceptors (Lipinski definition) is 1. The summed E-state index contributed by atoms with van der Waals surface area (Å²) >= 11 is 17.5. The summed E-state index contributed by atoms with van der Waals surface area (Å²) in [7, 11) is 0. The van der Waals surface area contributed by atoms with Gasteiger partial charge in [-0.25, -0.2) is 0 Å². The number of rotatable bonds is 7. The first-order valence-electron chi connectivity index (χ1n) is 7.08. The van der Waals surface area contributed by atoms with Crippen molar-refractivity contribution in [3.63, 3.8) is 0 Å². The van der Waals surface area contributed by atoms with Gasteiger partial charge in [0.15, 0.2) is 5.11 Å². The van der Waals surface area contributed by atoms with Crippen molar-refractivity contribution in [1.82, 2.24) is 4.90 Å². The average Bonchev–Trinajstić information content (AvgIpc) is 2.37. The first-order valence-corrected chi connectivity index (χ1v) is 8.25. The summed E-state index contributed by atoms with van der Waals surface area (Å²) in [6, 6.07) is 5.37. The number of thiocarbonyl (C=S) groups is 1. The van der Waals surface area contributed by atoms with Crippen LogP contribution in [-0.4, -0.2) is 23.1 Å². The highest BCUT2D eigenvalue weighted by atomic mass is 35.5. The van der Waals surface area contributed by atoms with Gasteiger partial charge >= 0.3 is 0 Å². The molecule has 0 aliphatic rings. The molecule has 0 bridgehead atoms. The van der Waals surface area contributed by atoms with Gasteiger partial charge in [0, 0.05) is 28.8 Å². The molecule has 1 N–H and O–H groups in total. The Kier molecular flexibility index (Phi) is 8.27. The third-order valence-electron chi connectivity index (χ3n) is 2.96. The predicted octanol–water partition coefficient (Wildman–Crippen LogP) is 5.59. The molecule has 1 aromatic carbocycles. The van der Waals surface area contributed by atoms with Gasteiger partial charge in [0.05, 0.1) is 0 Å². The molecule has 0 aliphatic carbocycles. The van der Waals surface area contributed by atoms with Crippen LogP contribution in [0.3, 0.4) is 0 Å². The minimum Gasteiger partial charge on any atom is -0.349 e. The SMILES string of the molecule is CCCCN(CCCC)C(=S)Nc1cc(Cl)cc(Cl)c1. The topological polar surface area (TPSA) is 15.3 Å². The van der Waals surface area contributed by atoms with Gasteiger partial charge in [0.2, 0.25) is 0 Å². The van der Waals surface area contributed by atoms with Crippen molar-refractivity contribution >= 4 is 46.2 Å². The number of anilines is 1. The minimum absolute atomic E-state index is 0.608. The lowest BCUT2D eigenvalue weighted by Gasteiger charge is -2.25. The van der Waals surface area contributed by atoms with Gasteiger partial charge in [0.1, 0.15) is 0 Å². The van der Waals surface area contributed by atoms with E-state index < -0.39 is 0 Å². The third-order valence-corrected chi connectivity index (χ3v) is 3.76. The maximum absolute atomic E-state index is 6.00. The second kappa shape index (κ2) is 9.43. The number of unbranched alkanes of at least 4 members (excludes halogenated alkanes) is 2. The van der Waals surface area contributed by atoms with Crippen LogP contribution in [0.15, 0.2) is 18.2 Å². The molecule has 0 amide bonds. The highest BCUT2D eigenvalue weighted by Crippen LogP contribution is 2.22. The predicted molar refractivity (Wildman–Crippen MR) is 94.1 cm³/mol. The van der Waals surface area contributed by atoms with Crippen molar-refractivity contribution in [3.8, 4) is 0 Å². The molecule has 0 heterocycles. The summed E-state index contributed by atoms with van der Waals surface area (Å²) in [5.74, 6) is 0. The van der Waals surface area contributed by atoms with Gasteiger partial charge in [-0.05, 0) is 43.3 Å². The van der Waals surface area contributed by atoms with Crippen molar-refractivity contribution in [2.24, 2.45) is 0 Å². The zero-order valence-electron chi connectivity index (χ0n) is 12.1. The van der Waals surface area contributed by atoms with Crippen molar-refractivity contribution in [1.29, 1.82) is 0 Å². The van der Waals surface area contributed by atoms with Crippen LogP contribution in [0.4, 0.5) is 5.69 Å². The van der Waals surface area contributed by atoms with E-state index in [1.165, 1.54) is 0 Å². The molecule has 0 unspecified atom stereocenters. The fraction of sp³-hybridized carbons (Fsp3) is 0.533. The summed E-state index contributed by atoms with van der Waals surface area (Å²) in [5, 5.41) is 5.19. The van der Waals surface area contributed by atoms with Crippen LogP contribution in [0.1, 0.15) is 39.5 Å². The summed E-state index contributed by atoms with van der Waals surface area (Å²) in [6.07, 6.45) is 4.60. The van der Waals surface area contributed by atoms with E-state index in [1.54, 1.807) is 6.07 Å². The summed E-state index contributed by atoms with van der Waals surface area (Å²) < 4.78 is 0. The average molecular weight is 333 g/mol. The Bertz CT molecular complexity index is 410. The molecular weight excluding hydrogens is 311 g/mol. The first kappa shape index (κ1) is 17.5. The van der Waals surface area contributed by atoms with E-state index >= 15 is 0 Å². The number of halogens is 2. The Labute approximate surface area is 137 Å². The zero-order valence-corrected chi connectivity index (χ0v) is 14.4. The Balaban J connectivity index is 2.68. The lowest BCUT2D eigenvalue weighted by molar-refractivity contribution is 0.403. The highest BCUT2D eigenvalue weighted by Gasteiger charge is 2.09. The Morgan fingerprint density at radius 2 is 1.55 bits per heavy atom. The van der Waals surface area contributed by atoms with Crippen LogP contribution in [0.5, 0.6) is 0 Å². The quantitative estimate of drug-likeness (QED) is 0.655. The molecular formula is C15H22Cl2N2S. The molecule has 0 spiro atoms. The molecule has 1 rings (SSSR count). The van der Waals surface area contributed by atoms with E-state index in [2.05, 4.69) is 24.1 Å². The fourth-order valence-corrected chi connectivity index (χ4v) is 2.67. The molecule has 0 aliphatic heterocycles. The molecule has 1 aromatic rings. The van der Waals surface area contributed by atoms with Crippen LogP contribution >= 0.6 is 35.4 Å². The van der Waals surface area contributed by atoms with E-state index in [4.69, 9.17) is 35.4 Å². The summed E-state index contributed by atoms with van der Waals surface area (Å²) in [6.45, 7) is 6.34. The van der Waals surface area contributed by atoms with Crippen LogP contribution in [-0.2, 0) is 0 Å². The van der Waals surface area contributed by atoms with Gasteiger partial charge < -0.3 is 10.2 Å². The van der Waals surface area contributed by atoms with Crippen molar-refractivity contribution in [3.05, 3.63) is 28.2 Å². The molecule has 0 atom stereocenters. The molecule has 5 heteroatoms. The maximum Gasteiger partial charge on any atom is 0.173 e. The minimum atomic E-state index is 0.608. The molecule has 0 saturated heterocycles.